The molecule has 1 aliphatic rings. The minimum absolute atomic E-state index is 0.509. The van der Waals surface area contributed by atoms with E-state index in [0.29, 0.717) is 12.5 Å². The Morgan fingerprint density at radius 2 is 2.12 bits per heavy atom. The third-order valence-corrected chi connectivity index (χ3v) is 3.79. The van der Waals surface area contributed by atoms with Crippen molar-refractivity contribution in [1.29, 1.82) is 0 Å². The average Bonchev–Trinajstić information content (AvgIpc) is 2.30. The molecule has 0 radical (unpaired) electrons. The summed E-state index contributed by atoms with van der Waals surface area (Å²) in [5.41, 5.74) is 2.94. The van der Waals surface area contributed by atoms with Gasteiger partial charge in [0.2, 0.25) is 0 Å². The number of aliphatic hydroxyl groups is 1. The van der Waals surface area contributed by atoms with Crippen LogP contribution in [0.3, 0.4) is 0 Å². The van der Waals surface area contributed by atoms with E-state index < -0.39 is 5.60 Å². The van der Waals surface area contributed by atoms with Crippen LogP contribution in [0.2, 0.25) is 0 Å². The van der Waals surface area contributed by atoms with Crippen LogP contribution in [0, 0.1) is 6.92 Å². The maximum absolute atomic E-state index is 10.8. The summed E-state index contributed by atoms with van der Waals surface area (Å²) in [6, 6.07) is 6.49. The van der Waals surface area contributed by atoms with E-state index in [1.54, 1.807) is 0 Å². The van der Waals surface area contributed by atoms with Crippen LogP contribution in [-0.4, -0.2) is 18.2 Å². The molecule has 1 aromatic rings. The SMILES string of the molecule is Cc1ccc(C(C)C)cc1C1(O)CCCNC1. The molecule has 0 aromatic heterocycles. The standard InChI is InChI=1S/C15H23NO/c1-11(2)13-6-5-12(3)14(9-13)15(17)7-4-8-16-10-15/h5-6,9,11,16-17H,4,7-8,10H2,1-3H3. The van der Waals surface area contributed by atoms with Crippen molar-refractivity contribution < 1.29 is 5.11 Å². The van der Waals surface area contributed by atoms with Gasteiger partial charge in [-0.1, -0.05) is 32.0 Å². The van der Waals surface area contributed by atoms with Gasteiger partial charge in [0.25, 0.3) is 0 Å². The van der Waals surface area contributed by atoms with E-state index in [9.17, 15) is 5.11 Å². The van der Waals surface area contributed by atoms with Crippen LogP contribution in [0.15, 0.2) is 18.2 Å². The molecule has 1 saturated heterocycles. The Kier molecular flexibility index (Phi) is 3.55. The molecule has 1 atom stereocenters. The molecule has 1 aliphatic heterocycles. The summed E-state index contributed by atoms with van der Waals surface area (Å²) in [6.07, 6.45) is 1.91. The van der Waals surface area contributed by atoms with E-state index in [1.165, 1.54) is 11.1 Å². The van der Waals surface area contributed by atoms with E-state index in [0.717, 1.165) is 24.9 Å². The van der Waals surface area contributed by atoms with Crippen LogP contribution < -0.4 is 5.32 Å². The maximum Gasteiger partial charge on any atom is 0.102 e. The monoisotopic (exact) mass is 233 g/mol. The van der Waals surface area contributed by atoms with Crippen molar-refractivity contribution in [1.82, 2.24) is 5.32 Å². The summed E-state index contributed by atoms with van der Waals surface area (Å²) >= 11 is 0. The van der Waals surface area contributed by atoms with Crippen LogP contribution in [0.1, 0.15) is 49.3 Å². The van der Waals surface area contributed by atoms with Crippen LogP contribution in [0.5, 0.6) is 0 Å². The average molecular weight is 233 g/mol. The lowest BCUT2D eigenvalue weighted by Gasteiger charge is -2.34. The Balaban J connectivity index is 2.38. The highest BCUT2D eigenvalue weighted by molar-refractivity contribution is 5.37. The van der Waals surface area contributed by atoms with E-state index in [4.69, 9.17) is 0 Å². The van der Waals surface area contributed by atoms with Crippen molar-refractivity contribution in [2.24, 2.45) is 0 Å². The number of rotatable bonds is 2. The first-order valence-corrected chi connectivity index (χ1v) is 6.57. The van der Waals surface area contributed by atoms with E-state index in [-0.39, 0.29) is 0 Å². The molecule has 1 heterocycles. The van der Waals surface area contributed by atoms with Gasteiger partial charge in [-0.3, -0.25) is 0 Å². The Morgan fingerprint density at radius 1 is 1.35 bits per heavy atom. The van der Waals surface area contributed by atoms with Gasteiger partial charge in [-0.05, 0) is 48.9 Å². The zero-order valence-corrected chi connectivity index (χ0v) is 11.1. The fraction of sp³-hybridized carbons (Fsp3) is 0.600. The molecule has 1 unspecified atom stereocenters. The van der Waals surface area contributed by atoms with Crippen molar-refractivity contribution in [3.05, 3.63) is 34.9 Å². The van der Waals surface area contributed by atoms with Gasteiger partial charge in [-0.2, -0.15) is 0 Å². The first-order chi connectivity index (χ1) is 8.03. The largest absolute Gasteiger partial charge is 0.384 e. The highest BCUT2D eigenvalue weighted by atomic mass is 16.3. The molecule has 1 fully saturated rings. The van der Waals surface area contributed by atoms with Crippen molar-refractivity contribution in [3.8, 4) is 0 Å². The molecule has 0 saturated carbocycles. The second kappa shape index (κ2) is 4.79. The molecule has 2 rings (SSSR count). The third kappa shape index (κ3) is 2.53. The van der Waals surface area contributed by atoms with Crippen molar-refractivity contribution in [3.63, 3.8) is 0 Å². The first kappa shape index (κ1) is 12.6. The number of piperidine rings is 1. The summed E-state index contributed by atoms with van der Waals surface area (Å²) < 4.78 is 0. The first-order valence-electron chi connectivity index (χ1n) is 6.57. The van der Waals surface area contributed by atoms with Gasteiger partial charge in [0.1, 0.15) is 5.60 Å². The highest BCUT2D eigenvalue weighted by Crippen LogP contribution is 2.32. The van der Waals surface area contributed by atoms with Gasteiger partial charge < -0.3 is 10.4 Å². The Morgan fingerprint density at radius 3 is 2.71 bits per heavy atom. The van der Waals surface area contributed by atoms with Crippen molar-refractivity contribution in [2.75, 3.05) is 13.1 Å². The molecule has 2 nitrogen and oxygen atoms in total. The number of β-amino-alcohol motifs (C(OH)–C–C–N with tert-alkyl or cyclic N) is 1. The highest BCUT2D eigenvalue weighted by Gasteiger charge is 2.32. The summed E-state index contributed by atoms with van der Waals surface area (Å²) in [7, 11) is 0. The molecular weight excluding hydrogens is 210 g/mol. The van der Waals surface area contributed by atoms with Crippen LogP contribution in [0.25, 0.3) is 0 Å². The normalized spacial score (nSPS) is 25.2. The van der Waals surface area contributed by atoms with Crippen LogP contribution in [-0.2, 0) is 5.60 Å². The molecule has 17 heavy (non-hydrogen) atoms. The Bertz CT molecular complexity index is 392. The van der Waals surface area contributed by atoms with Gasteiger partial charge in [-0.15, -0.1) is 0 Å². The molecule has 94 valence electrons. The Hall–Kier alpha value is -0.860. The molecule has 0 amide bonds. The van der Waals surface area contributed by atoms with Gasteiger partial charge in [0.15, 0.2) is 0 Å². The smallest absolute Gasteiger partial charge is 0.102 e. The summed E-state index contributed by atoms with van der Waals surface area (Å²) in [5.74, 6) is 0.509. The molecular formula is C15H23NO. The van der Waals surface area contributed by atoms with Gasteiger partial charge in [-0.25, -0.2) is 0 Å². The predicted molar refractivity (Wildman–Crippen MR) is 71.3 cm³/mol. The second-order valence-electron chi connectivity index (χ2n) is 5.54. The molecule has 0 bridgehead atoms. The predicted octanol–water partition coefficient (Wildman–Crippen LogP) is 2.69. The third-order valence-electron chi connectivity index (χ3n) is 3.79. The van der Waals surface area contributed by atoms with Gasteiger partial charge in [0, 0.05) is 6.54 Å². The molecule has 0 spiro atoms. The number of aryl methyl sites for hydroxylation is 1. The lowest BCUT2D eigenvalue weighted by Crippen LogP contribution is -2.43. The summed E-state index contributed by atoms with van der Waals surface area (Å²) in [4.78, 5) is 0. The van der Waals surface area contributed by atoms with E-state index in [1.807, 2.05) is 0 Å². The van der Waals surface area contributed by atoms with Crippen LogP contribution in [0.4, 0.5) is 0 Å². The van der Waals surface area contributed by atoms with Crippen LogP contribution >= 0.6 is 0 Å². The maximum atomic E-state index is 10.8. The minimum atomic E-state index is -0.673. The van der Waals surface area contributed by atoms with E-state index in [2.05, 4.69) is 44.3 Å². The lowest BCUT2D eigenvalue weighted by molar-refractivity contribution is 0.0117. The molecule has 2 N–H and O–H groups in total. The molecule has 2 heteroatoms. The zero-order chi connectivity index (χ0) is 12.5. The second-order valence-corrected chi connectivity index (χ2v) is 5.54. The van der Waals surface area contributed by atoms with Gasteiger partial charge >= 0.3 is 0 Å². The molecule has 1 aromatic carbocycles. The quantitative estimate of drug-likeness (QED) is 0.823. The fourth-order valence-corrected chi connectivity index (χ4v) is 2.62. The number of hydrogen-bond donors (Lipinski definition) is 2. The van der Waals surface area contributed by atoms with Crippen molar-refractivity contribution >= 4 is 0 Å². The topological polar surface area (TPSA) is 32.3 Å². The molecule has 0 aliphatic carbocycles. The Labute approximate surface area is 104 Å². The zero-order valence-electron chi connectivity index (χ0n) is 11.1. The summed E-state index contributed by atoms with van der Waals surface area (Å²) in [6.45, 7) is 8.17. The number of nitrogens with one attached hydrogen (secondary N) is 1. The number of hydrogen-bond acceptors (Lipinski definition) is 2. The fourth-order valence-electron chi connectivity index (χ4n) is 2.62. The van der Waals surface area contributed by atoms with Gasteiger partial charge in [0.05, 0.1) is 0 Å². The number of benzene rings is 1. The summed E-state index contributed by atoms with van der Waals surface area (Å²) in [5, 5.41) is 14.1. The minimum Gasteiger partial charge on any atom is -0.384 e. The van der Waals surface area contributed by atoms with Crippen molar-refractivity contribution in [2.45, 2.75) is 45.1 Å². The van der Waals surface area contributed by atoms with E-state index >= 15 is 0 Å². The lowest BCUT2D eigenvalue weighted by atomic mass is 9.82.